The molecule has 26 heavy (non-hydrogen) atoms. The molecule has 1 fully saturated rings. The summed E-state index contributed by atoms with van der Waals surface area (Å²) in [5.74, 6) is -0.907. The Balaban J connectivity index is 1.66. The number of nitrogens with two attached hydrogens (primary N) is 1. The Bertz CT molecular complexity index is 797. The molecule has 0 spiro atoms. The van der Waals surface area contributed by atoms with Crippen molar-refractivity contribution in [3.05, 3.63) is 66.0 Å². The number of hydrogen-bond acceptors (Lipinski definition) is 3. The van der Waals surface area contributed by atoms with Gasteiger partial charge in [0.1, 0.15) is 11.9 Å². The second-order valence-corrected chi connectivity index (χ2v) is 6.47. The van der Waals surface area contributed by atoms with Crippen LogP contribution in [0.3, 0.4) is 0 Å². The highest BCUT2D eigenvalue weighted by Crippen LogP contribution is 2.27. The van der Waals surface area contributed by atoms with Crippen molar-refractivity contribution in [3.63, 3.8) is 0 Å². The maximum absolute atomic E-state index is 14.0. The van der Waals surface area contributed by atoms with Crippen molar-refractivity contribution in [3.8, 4) is 0 Å². The number of para-hydroxylation sites is 1. The standard InChI is InChI=1S/C20H22FN3O2/c1-23(19(25)13-16(22)14-7-3-2-4-8-14)18-11-12-24(20(18)26)17-10-6-5-9-15(17)21/h2-10,16,18H,11-13,22H2,1H3. The number of carbonyl (C=O) groups is 2. The minimum atomic E-state index is -0.593. The van der Waals surface area contributed by atoms with Crippen molar-refractivity contribution < 1.29 is 14.0 Å². The molecule has 6 heteroatoms. The van der Waals surface area contributed by atoms with Crippen LogP contribution in [0.4, 0.5) is 10.1 Å². The molecule has 136 valence electrons. The van der Waals surface area contributed by atoms with Crippen molar-refractivity contribution >= 4 is 17.5 Å². The van der Waals surface area contributed by atoms with E-state index in [1.165, 1.54) is 15.9 Å². The van der Waals surface area contributed by atoms with E-state index in [-0.39, 0.29) is 23.9 Å². The van der Waals surface area contributed by atoms with Crippen LogP contribution in [-0.2, 0) is 9.59 Å². The molecule has 0 radical (unpaired) electrons. The second kappa shape index (κ2) is 7.66. The number of amides is 2. The Kier molecular flexibility index (Phi) is 5.32. The Morgan fingerprint density at radius 1 is 1.23 bits per heavy atom. The molecule has 2 aromatic carbocycles. The second-order valence-electron chi connectivity index (χ2n) is 6.47. The van der Waals surface area contributed by atoms with Gasteiger partial charge in [-0.1, -0.05) is 42.5 Å². The smallest absolute Gasteiger partial charge is 0.249 e. The normalized spacial score (nSPS) is 18.0. The van der Waals surface area contributed by atoms with Crippen LogP contribution in [0.15, 0.2) is 54.6 Å². The molecule has 0 saturated carbocycles. The Morgan fingerprint density at radius 2 is 1.88 bits per heavy atom. The molecule has 5 nitrogen and oxygen atoms in total. The summed E-state index contributed by atoms with van der Waals surface area (Å²) in [5, 5.41) is 0. The quantitative estimate of drug-likeness (QED) is 0.896. The van der Waals surface area contributed by atoms with Crippen molar-refractivity contribution in [1.82, 2.24) is 4.90 Å². The number of hydrogen-bond donors (Lipinski definition) is 1. The number of nitrogens with zero attached hydrogens (tertiary/aromatic N) is 2. The molecule has 2 N–H and O–H groups in total. The first kappa shape index (κ1) is 18.1. The highest BCUT2D eigenvalue weighted by atomic mass is 19.1. The molecular weight excluding hydrogens is 333 g/mol. The van der Waals surface area contributed by atoms with Gasteiger partial charge in [0.15, 0.2) is 0 Å². The van der Waals surface area contributed by atoms with Gasteiger partial charge in [0.05, 0.1) is 5.69 Å². The van der Waals surface area contributed by atoms with Crippen molar-refractivity contribution in [2.24, 2.45) is 5.73 Å². The highest BCUT2D eigenvalue weighted by Gasteiger charge is 2.38. The highest BCUT2D eigenvalue weighted by molar-refractivity contribution is 6.01. The van der Waals surface area contributed by atoms with Gasteiger partial charge in [-0.15, -0.1) is 0 Å². The Hall–Kier alpha value is -2.73. The van der Waals surface area contributed by atoms with E-state index in [0.29, 0.717) is 13.0 Å². The van der Waals surface area contributed by atoms with E-state index in [4.69, 9.17) is 5.73 Å². The first-order valence-corrected chi connectivity index (χ1v) is 8.61. The maximum Gasteiger partial charge on any atom is 0.249 e. The third-order valence-corrected chi connectivity index (χ3v) is 4.80. The van der Waals surface area contributed by atoms with Gasteiger partial charge in [-0.25, -0.2) is 4.39 Å². The number of halogens is 1. The maximum atomic E-state index is 14.0. The van der Waals surface area contributed by atoms with E-state index >= 15 is 0 Å². The average Bonchev–Trinajstić information content (AvgIpc) is 3.03. The fourth-order valence-electron chi connectivity index (χ4n) is 3.26. The summed E-state index contributed by atoms with van der Waals surface area (Å²) in [5.41, 5.74) is 7.24. The van der Waals surface area contributed by atoms with Crippen LogP contribution < -0.4 is 10.6 Å². The lowest BCUT2D eigenvalue weighted by Gasteiger charge is -2.25. The predicted molar refractivity (Wildman–Crippen MR) is 97.9 cm³/mol. The SMILES string of the molecule is CN(C(=O)CC(N)c1ccccc1)C1CCN(c2ccccc2F)C1=O. The van der Waals surface area contributed by atoms with E-state index in [1.54, 1.807) is 25.2 Å². The largest absolute Gasteiger partial charge is 0.334 e. The molecule has 1 aliphatic rings. The van der Waals surface area contributed by atoms with Crippen LogP contribution >= 0.6 is 0 Å². The van der Waals surface area contributed by atoms with Gasteiger partial charge in [-0.2, -0.15) is 0 Å². The molecule has 2 unspecified atom stereocenters. The Morgan fingerprint density at radius 3 is 2.58 bits per heavy atom. The van der Waals surface area contributed by atoms with Gasteiger partial charge in [0, 0.05) is 26.1 Å². The molecule has 0 aliphatic carbocycles. The summed E-state index contributed by atoms with van der Waals surface area (Å²) in [4.78, 5) is 28.1. The zero-order valence-electron chi connectivity index (χ0n) is 14.6. The summed E-state index contributed by atoms with van der Waals surface area (Å²) in [6.07, 6.45) is 0.583. The molecule has 0 aromatic heterocycles. The van der Waals surface area contributed by atoms with Gasteiger partial charge in [-0.3, -0.25) is 9.59 Å². The number of carbonyl (C=O) groups excluding carboxylic acids is 2. The van der Waals surface area contributed by atoms with E-state index in [9.17, 15) is 14.0 Å². The minimum absolute atomic E-state index is 0.115. The van der Waals surface area contributed by atoms with Crippen LogP contribution in [0.5, 0.6) is 0 Å². The van der Waals surface area contributed by atoms with Gasteiger partial charge >= 0.3 is 0 Å². The molecule has 1 heterocycles. The minimum Gasteiger partial charge on any atom is -0.334 e. The molecule has 1 aliphatic heterocycles. The van der Waals surface area contributed by atoms with E-state index < -0.39 is 17.9 Å². The van der Waals surface area contributed by atoms with Crippen LogP contribution in [0.2, 0.25) is 0 Å². The van der Waals surface area contributed by atoms with Gasteiger partial charge < -0.3 is 15.5 Å². The summed E-state index contributed by atoms with van der Waals surface area (Å²) in [6.45, 7) is 0.382. The van der Waals surface area contributed by atoms with E-state index in [1.807, 2.05) is 30.3 Å². The third kappa shape index (κ3) is 3.60. The van der Waals surface area contributed by atoms with Gasteiger partial charge in [0.2, 0.25) is 11.8 Å². The monoisotopic (exact) mass is 355 g/mol. The lowest BCUT2D eigenvalue weighted by Crippen LogP contribution is -2.43. The van der Waals surface area contributed by atoms with Crippen LogP contribution in [0, 0.1) is 5.82 Å². The summed E-state index contributed by atoms with van der Waals surface area (Å²) < 4.78 is 14.0. The first-order valence-electron chi connectivity index (χ1n) is 8.61. The average molecular weight is 355 g/mol. The fraction of sp³-hybridized carbons (Fsp3) is 0.300. The van der Waals surface area contributed by atoms with Crippen LogP contribution in [0.25, 0.3) is 0 Å². The Labute approximate surface area is 152 Å². The molecule has 2 aromatic rings. The number of likely N-dealkylation sites (N-methyl/N-ethyl adjacent to an activating group) is 1. The number of rotatable bonds is 5. The van der Waals surface area contributed by atoms with Gasteiger partial charge in [-0.05, 0) is 24.1 Å². The zero-order chi connectivity index (χ0) is 18.7. The van der Waals surface area contributed by atoms with Crippen LogP contribution in [-0.4, -0.2) is 36.3 Å². The summed E-state index contributed by atoms with van der Waals surface area (Å²) in [6, 6.07) is 14.5. The third-order valence-electron chi connectivity index (χ3n) is 4.80. The molecule has 0 bridgehead atoms. The first-order chi connectivity index (χ1) is 12.5. The van der Waals surface area contributed by atoms with E-state index in [0.717, 1.165) is 5.56 Å². The van der Waals surface area contributed by atoms with Crippen molar-refractivity contribution in [2.75, 3.05) is 18.5 Å². The molecule has 1 saturated heterocycles. The lowest BCUT2D eigenvalue weighted by atomic mass is 10.0. The number of benzene rings is 2. The number of anilines is 1. The molecule has 3 rings (SSSR count). The predicted octanol–water partition coefficient (Wildman–Crippen LogP) is 2.48. The summed E-state index contributed by atoms with van der Waals surface area (Å²) >= 11 is 0. The topological polar surface area (TPSA) is 66.6 Å². The van der Waals surface area contributed by atoms with Crippen molar-refractivity contribution in [1.29, 1.82) is 0 Å². The fourth-order valence-corrected chi connectivity index (χ4v) is 3.26. The zero-order valence-corrected chi connectivity index (χ0v) is 14.6. The lowest BCUT2D eigenvalue weighted by molar-refractivity contribution is -0.137. The van der Waals surface area contributed by atoms with Gasteiger partial charge in [0.25, 0.3) is 0 Å². The molecule has 2 atom stereocenters. The van der Waals surface area contributed by atoms with E-state index in [2.05, 4.69) is 0 Å². The van der Waals surface area contributed by atoms with Crippen LogP contribution in [0.1, 0.15) is 24.4 Å². The van der Waals surface area contributed by atoms with Crippen molar-refractivity contribution in [2.45, 2.75) is 24.9 Å². The molecule has 2 amide bonds. The summed E-state index contributed by atoms with van der Waals surface area (Å²) in [7, 11) is 1.60. The molecular formula is C20H22FN3O2.